The Kier molecular flexibility index (Phi) is 7.39. The molecule has 0 saturated carbocycles. The highest BCUT2D eigenvalue weighted by molar-refractivity contribution is 5.94. The summed E-state index contributed by atoms with van der Waals surface area (Å²) in [5.74, 6) is -0.708. The summed E-state index contributed by atoms with van der Waals surface area (Å²) in [5.41, 5.74) is 2.69. The van der Waals surface area contributed by atoms with Gasteiger partial charge in [0.05, 0.1) is 0 Å². The van der Waals surface area contributed by atoms with Gasteiger partial charge < -0.3 is 15.2 Å². The number of carboxylic acids is 1. The summed E-state index contributed by atoms with van der Waals surface area (Å²) >= 11 is 0. The molecule has 1 unspecified atom stereocenters. The molecule has 30 heavy (non-hydrogen) atoms. The monoisotopic (exact) mass is 401 g/mol. The van der Waals surface area contributed by atoms with Crippen LogP contribution < -0.4 is 10.1 Å². The third-order valence-corrected chi connectivity index (χ3v) is 4.45. The third kappa shape index (κ3) is 6.63. The number of amides is 1. The molecule has 152 valence electrons. The smallest absolute Gasteiger partial charge is 0.326 e. The van der Waals surface area contributed by atoms with Crippen molar-refractivity contribution < 1.29 is 19.4 Å². The number of para-hydroxylation sites is 1. The predicted octanol–water partition coefficient (Wildman–Crippen LogP) is 4.09. The van der Waals surface area contributed by atoms with Crippen LogP contribution in [0.4, 0.5) is 0 Å². The number of hydrogen-bond acceptors (Lipinski definition) is 3. The zero-order valence-electron chi connectivity index (χ0n) is 16.4. The molecule has 0 bridgehead atoms. The highest BCUT2D eigenvalue weighted by atomic mass is 16.5. The van der Waals surface area contributed by atoms with Crippen molar-refractivity contribution in [3.8, 4) is 5.75 Å². The van der Waals surface area contributed by atoms with Gasteiger partial charge in [-0.3, -0.25) is 4.79 Å². The van der Waals surface area contributed by atoms with Crippen molar-refractivity contribution in [1.29, 1.82) is 0 Å². The van der Waals surface area contributed by atoms with E-state index in [4.69, 9.17) is 4.74 Å². The minimum absolute atomic E-state index is 0.228. The molecule has 3 aromatic carbocycles. The number of ether oxygens (including phenoxy) is 1. The maximum absolute atomic E-state index is 12.2. The van der Waals surface area contributed by atoms with Gasteiger partial charge in [0.15, 0.2) is 0 Å². The van der Waals surface area contributed by atoms with Crippen molar-refractivity contribution in [1.82, 2.24) is 5.32 Å². The molecule has 0 spiro atoms. The van der Waals surface area contributed by atoms with E-state index in [1.165, 1.54) is 6.08 Å². The number of carboxylic acid groups (broad SMARTS) is 1. The van der Waals surface area contributed by atoms with Crippen molar-refractivity contribution in [2.45, 2.75) is 19.1 Å². The number of nitrogens with one attached hydrogen (secondary N) is 1. The molecule has 0 aliphatic rings. The van der Waals surface area contributed by atoms with Gasteiger partial charge in [0.25, 0.3) is 0 Å². The molecule has 3 rings (SSSR count). The van der Waals surface area contributed by atoms with E-state index in [2.05, 4.69) is 5.32 Å². The van der Waals surface area contributed by atoms with Crippen molar-refractivity contribution in [2.24, 2.45) is 0 Å². The van der Waals surface area contributed by atoms with E-state index in [0.29, 0.717) is 6.61 Å². The molecule has 0 aliphatic heterocycles. The quantitative estimate of drug-likeness (QED) is 0.530. The van der Waals surface area contributed by atoms with Crippen LogP contribution in [0.5, 0.6) is 5.75 Å². The highest BCUT2D eigenvalue weighted by Crippen LogP contribution is 2.13. The molecular weight excluding hydrogens is 378 g/mol. The first kappa shape index (κ1) is 20.9. The number of hydrogen-bond donors (Lipinski definition) is 2. The van der Waals surface area contributed by atoms with E-state index in [0.717, 1.165) is 22.4 Å². The molecule has 1 amide bonds. The van der Waals surface area contributed by atoms with Gasteiger partial charge in [0.2, 0.25) is 5.91 Å². The largest absolute Gasteiger partial charge is 0.489 e. The van der Waals surface area contributed by atoms with Crippen LogP contribution in [-0.4, -0.2) is 23.0 Å². The minimum atomic E-state index is -1.07. The Bertz CT molecular complexity index is 983. The lowest BCUT2D eigenvalue weighted by molar-refractivity contribution is -0.141. The van der Waals surface area contributed by atoms with E-state index < -0.39 is 17.9 Å². The predicted molar refractivity (Wildman–Crippen MR) is 116 cm³/mol. The summed E-state index contributed by atoms with van der Waals surface area (Å²) in [4.78, 5) is 23.6. The second kappa shape index (κ2) is 10.6. The lowest BCUT2D eigenvalue weighted by atomic mass is 10.1. The molecule has 3 aromatic rings. The topological polar surface area (TPSA) is 75.6 Å². The van der Waals surface area contributed by atoms with Crippen LogP contribution in [0.2, 0.25) is 0 Å². The molecule has 1 atom stereocenters. The molecule has 0 saturated heterocycles. The number of rotatable bonds is 9. The first-order valence-electron chi connectivity index (χ1n) is 9.62. The molecule has 0 aliphatic carbocycles. The van der Waals surface area contributed by atoms with Gasteiger partial charge >= 0.3 is 5.97 Å². The lowest BCUT2D eigenvalue weighted by Crippen LogP contribution is -2.41. The summed E-state index contributed by atoms with van der Waals surface area (Å²) < 4.78 is 5.71. The summed E-state index contributed by atoms with van der Waals surface area (Å²) in [5, 5.41) is 11.9. The van der Waals surface area contributed by atoms with E-state index in [-0.39, 0.29) is 6.42 Å². The summed E-state index contributed by atoms with van der Waals surface area (Å²) in [6.45, 7) is 0.453. The van der Waals surface area contributed by atoms with Crippen LogP contribution in [0, 0.1) is 0 Å². The maximum Gasteiger partial charge on any atom is 0.326 e. The van der Waals surface area contributed by atoms with E-state index >= 15 is 0 Å². The SMILES string of the molecule is O=C(/C=C/c1ccc(COc2ccccc2)cc1)NC(Cc1ccccc1)C(=O)O. The Morgan fingerprint density at radius 1 is 0.867 bits per heavy atom. The van der Waals surface area contributed by atoms with E-state index in [9.17, 15) is 14.7 Å². The third-order valence-electron chi connectivity index (χ3n) is 4.45. The van der Waals surface area contributed by atoms with E-state index in [1.807, 2.05) is 84.9 Å². The first-order chi connectivity index (χ1) is 14.6. The van der Waals surface area contributed by atoms with Crippen LogP contribution in [-0.2, 0) is 22.6 Å². The van der Waals surface area contributed by atoms with Crippen LogP contribution in [0.25, 0.3) is 6.08 Å². The summed E-state index contributed by atoms with van der Waals surface area (Å²) in [7, 11) is 0. The van der Waals surface area contributed by atoms with Crippen molar-refractivity contribution in [3.05, 3.63) is 108 Å². The fourth-order valence-corrected chi connectivity index (χ4v) is 2.85. The number of benzene rings is 3. The van der Waals surface area contributed by atoms with Crippen LogP contribution in [0.15, 0.2) is 91.0 Å². The Morgan fingerprint density at radius 2 is 1.50 bits per heavy atom. The van der Waals surface area contributed by atoms with Gasteiger partial charge in [-0.25, -0.2) is 4.79 Å². The second-order valence-corrected chi connectivity index (χ2v) is 6.77. The Labute approximate surface area is 175 Å². The molecule has 0 fully saturated rings. The van der Waals surface area contributed by atoms with Crippen LogP contribution in [0.1, 0.15) is 16.7 Å². The fraction of sp³-hybridized carbons (Fsp3) is 0.120. The van der Waals surface area contributed by atoms with Crippen LogP contribution in [0.3, 0.4) is 0 Å². The lowest BCUT2D eigenvalue weighted by Gasteiger charge is -2.13. The molecule has 0 heterocycles. The van der Waals surface area contributed by atoms with Crippen LogP contribution >= 0.6 is 0 Å². The molecule has 5 nitrogen and oxygen atoms in total. The standard InChI is InChI=1S/C25H23NO4/c27-24(26-23(25(28)29)17-20-7-3-1-4-8-20)16-15-19-11-13-21(14-12-19)18-30-22-9-5-2-6-10-22/h1-16,23H,17-18H2,(H,26,27)(H,28,29)/b16-15+. The molecule has 2 N–H and O–H groups in total. The average Bonchev–Trinajstić information content (AvgIpc) is 2.78. The van der Waals surface area contributed by atoms with Gasteiger partial charge in [0.1, 0.15) is 18.4 Å². The van der Waals surface area contributed by atoms with Gasteiger partial charge in [-0.05, 0) is 34.9 Å². The Balaban J connectivity index is 1.52. The van der Waals surface area contributed by atoms with Crippen molar-refractivity contribution in [3.63, 3.8) is 0 Å². The Morgan fingerprint density at radius 3 is 2.13 bits per heavy atom. The van der Waals surface area contributed by atoms with Gasteiger partial charge in [0, 0.05) is 12.5 Å². The Hall–Kier alpha value is -3.86. The molecular formula is C25H23NO4. The van der Waals surface area contributed by atoms with Crippen molar-refractivity contribution in [2.75, 3.05) is 0 Å². The summed E-state index contributed by atoms with van der Waals surface area (Å²) in [6, 6.07) is 25.4. The number of carbonyl (C=O) groups excluding carboxylic acids is 1. The van der Waals surface area contributed by atoms with Gasteiger partial charge in [-0.2, -0.15) is 0 Å². The number of aliphatic carboxylic acids is 1. The number of carbonyl (C=O) groups is 2. The van der Waals surface area contributed by atoms with Gasteiger partial charge in [-0.1, -0.05) is 72.8 Å². The second-order valence-electron chi connectivity index (χ2n) is 6.77. The first-order valence-corrected chi connectivity index (χ1v) is 9.62. The molecule has 5 heteroatoms. The van der Waals surface area contributed by atoms with E-state index in [1.54, 1.807) is 6.08 Å². The summed E-state index contributed by atoms with van der Waals surface area (Å²) in [6.07, 6.45) is 3.22. The van der Waals surface area contributed by atoms with Crippen molar-refractivity contribution >= 4 is 18.0 Å². The highest BCUT2D eigenvalue weighted by Gasteiger charge is 2.19. The fourth-order valence-electron chi connectivity index (χ4n) is 2.85. The average molecular weight is 401 g/mol. The zero-order chi connectivity index (χ0) is 21.2. The van der Waals surface area contributed by atoms with Gasteiger partial charge in [-0.15, -0.1) is 0 Å². The zero-order valence-corrected chi connectivity index (χ0v) is 16.4. The molecule has 0 radical (unpaired) electrons. The normalized spacial score (nSPS) is 11.7. The minimum Gasteiger partial charge on any atom is -0.489 e. The maximum atomic E-state index is 12.2. The molecule has 0 aromatic heterocycles.